The minimum atomic E-state index is -0.728. The summed E-state index contributed by atoms with van der Waals surface area (Å²) in [6.45, 7) is 0.853. The van der Waals surface area contributed by atoms with Crippen molar-refractivity contribution in [2.45, 2.75) is 31.8 Å². The van der Waals surface area contributed by atoms with Gasteiger partial charge in [0.2, 0.25) is 0 Å². The fraction of sp³-hybridized carbons (Fsp3) is 0.500. The summed E-state index contributed by atoms with van der Waals surface area (Å²) in [5, 5.41) is 9.01. The molecule has 1 aliphatic carbocycles. The molecule has 1 heterocycles. The normalized spacial score (nSPS) is 19.8. The van der Waals surface area contributed by atoms with Crippen LogP contribution in [0, 0.1) is 5.92 Å². The average molecular weight is 248 g/mol. The molecule has 3 rings (SSSR count). The highest BCUT2D eigenvalue weighted by molar-refractivity contribution is 5.68. The first-order valence-corrected chi connectivity index (χ1v) is 6.29. The molecule has 2 aliphatic rings. The van der Waals surface area contributed by atoms with Crippen LogP contribution < -0.4 is 4.74 Å². The molecule has 0 amide bonds. The van der Waals surface area contributed by atoms with E-state index in [1.807, 2.05) is 18.2 Å². The third kappa shape index (κ3) is 2.34. The second kappa shape index (κ2) is 4.61. The van der Waals surface area contributed by atoms with Gasteiger partial charge in [0.15, 0.2) is 6.79 Å². The number of hydrogen-bond donors (Lipinski definition) is 1. The van der Waals surface area contributed by atoms with Crippen molar-refractivity contribution >= 4 is 5.97 Å². The highest BCUT2D eigenvalue weighted by Crippen LogP contribution is 2.45. The number of carboxylic acids is 1. The third-order valence-electron chi connectivity index (χ3n) is 3.66. The Bertz CT molecular complexity index is 465. The van der Waals surface area contributed by atoms with Gasteiger partial charge < -0.3 is 14.6 Å². The zero-order valence-electron chi connectivity index (χ0n) is 10.1. The Morgan fingerprint density at radius 3 is 3.00 bits per heavy atom. The molecule has 1 unspecified atom stereocenters. The average Bonchev–Trinajstić information content (AvgIpc) is 3.19. The summed E-state index contributed by atoms with van der Waals surface area (Å²) in [5.74, 6) is 0.766. The van der Waals surface area contributed by atoms with E-state index in [1.165, 1.54) is 0 Å². The minimum absolute atomic E-state index is 0.124. The highest BCUT2D eigenvalue weighted by atomic mass is 16.7. The molecule has 1 aromatic rings. The summed E-state index contributed by atoms with van der Waals surface area (Å²) < 4.78 is 10.7. The monoisotopic (exact) mass is 248 g/mol. The Morgan fingerprint density at radius 2 is 2.28 bits per heavy atom. The van der Waals surface area contributed by atoms with Gasteiger partial charge in [0, 0.05) is 5.56 Å². The Morgan fingerprint density at radius 1 is 1.44 bits per heavy atom. The van der Waals surface area contributed by atoms with Gasteiger partial charge >= 0.3 is 5.97 Å². The molecule has 4 heteroatoms. The standard InChI is InChI=1S/C14H16O4/c15-14(16)6-12(9-1-2-9)10-3-4-11-7-17-8-18-13(11)5-10/h3-5,9,12H,1-2,6-8H2,(H,15,16). The van der Waals surface area contributed by atoms with Crippen molar-refractivity contribution in [2.75, 3.05) is 6.79 Å². The third-order valence-corrected chi connectivity index (χ3v) is 3.66. The SMILES string of the molecule is O=C(O)CC(c1ccc2c(c1)OCOC2)C1CC1. The fourth-order valence-corrected chi connectivity index (χ4v) is 2.56. The second-order valence-electron chi connectivity index (χ2n) is 5.02. The zero-order valence-corrected chi connectivity index (χ0v) is 10.1. The van der Waals surface area contributed by atoms with Crippen molar-refractivity contribution in [3.05, 3.63) is 29.3 Å². The number of ether oxygens (including phenoxy) is 2. The second-order valence-corrected chi connectivity index (χ2v) is 5.02. The fourth-order valence-electron chi connectivity index (χ4n) is 2.56. The molecular formula is C14H16O4. The van der Waals surface area contributed by atoms with Crippen LogP contribution in [0.3, 0.4) is 0 Å². The molecule has 1 aromatic carbocycles. The van der Waals surface area contributed by atoms with Gasteiger partial charge in [-0.05, 0) is 36.3 Å². The van der Waals surface area contributed by atoms with E-state index in [0.29, 0.717) is 12.5 Å². The molecule has 1 aliphatic heterocycles. The first-order chi connectivity index (χ1) is 8.74. The number of aliphatic carboxylic acids is 1. The maximum absolute atomic E-state index is 11.0. The van der Waals surface area contributed by atoms with Gasteiger partial charge in [0.25, 0.3) is 0 Å². The van der Waals surface area contributed by atoms with Gasteiger partial charge in [-0.25, -0.2) is 0 Å². The van der Waals surface area contributed by atoms with Crippen LogP contribution in [0.1, 0.15) is 36.3 Å². The van der Waals surface area contributed by atoms with Crippen LogP contribution in [0.25, 0.3) is 0 Å². The molecular weight excluding hydrogens is 232 g/mol. The van der Waals surface area contributed by atoms with Gasteiger partial charge in [-0.2, -0.15) is 0 Å². The van der Waals surface area contributed by atoms with Gasteiger partial charge in [-0.3, -0.25) is 4.79 Å². The Hall–Kier alpha value is -1.55. The Balaban J connectivity index is 1.87. The first-order valence-electron chi connectivity index (χ1n) is 6.29. The van der Waals surface area contributed by atoms with Crippen molar-refractivity contribution in [2.24, 2.45) is 5.92 Å². The van der Waals surface area contributed by atoms with E-state index in [2.05, 4.69) is 0 Å². The molecule has 96 valence electrons. The van der Waals surface area contributed by atoms with Crippen LogP contribution in [-0.4, -0.2) is 17.9 Å². The van der Waals surface area contributed by atoms with Crippen LogP contribution in [-0.2, 0) is 16.1 Å². The van der Waals surface area contributed by atoms with E-state index < -0.39 is 5.97 Å². The molecule has 1 saturated carbocycles. The summed E-state index contributed by atoms with van der Waals surface area (Å²) in [4.78, 5) is 11.0. The lowest BCUT2D eigenvalue weighted by atomic mass is 9.90. The summed E-state index contributed by atoms with van der Waals surface area (Å²) in [7, 11) is 0. The molecule has 1 N–H and O–H groups in total. The predicted octanol–water partition coefficient (Wildman–Crippen LogP) is 2.52. The van der Waals surface area contributed by atoms with Crippen molar-refractivity contribution in [1.29, 1.82) is 0 Å². The van der Waals surface area contributed by atoms with Crippen molar-refractivity contribution < 1.29 is 19.4 Å². The lowest BCUT2D eigenvalue weighted by molar-refractivity contribution is -0.137. The van der Waals surface area contributed by atoms with E-state index in [1.54, 1.807) is 0 Å². The molecule has 1 fully saturated rings. The number of carbonyl (C=O) groups is 1. The molecule has 0 bridgehead atoms. The van der Waals surface area contributed by atoms with E-state index in [0.717, 1.165) is 29.7 Å². The van der Waals surface area contributed by atoms with Crippen LogP contribution in [0.4, 0.5) is 0 Å². The molecule has 0 aromatic heterocycles. The van der Waals surface area contributed by atoms with E-state index in [4.69, 9.17) is 14.6 Å². The minimum Gasteiger partial charge on any atom is -0.481 e. The molecule has 1 atom stereocenters. The molecule has 4 nitrogen and oxygen atoms in total. The number of benzene rings is 1. The van der Waals surface area contributed by atoms with E-state index in [9.17, 15) is 4.79 Å². The van der Waals surface area contributed by atoms with Gasteiger partial charge in [0.05, 0.1) is 13.0 Å². The van der Waals surface area contributed by atoms with Crippen LogP contribution in [0.2, 0.25) is 0 Å². The number of rotatable bonds is 4. The van der Waals surface area contributed by atoms with Gasteiger partial charge in [-0.1, -0.05) is 12.1 Å². The largest absolute Gasteiger partial charge is 0.481 e. The topological polar surface area (TPSA) is 55.8 Å². The lowest BCUT2D eigenvalue weighted by Crippen LogP contribution is -2.13. The van der Waals surface area contributed by atoms with Gasteiger partial charge in [0.1, 0.15) is 5.75 Å². The van der Waals surface area contributed by atoms with E-state index >= 15 is 0 Å². The number of hydrogen-bond acceptors (Lipinski definition) is 3. The summed E-state index contributed by atoms with van der Waals surface area (Å²) >= 11 is 0. The predicted molar refractivity (Wildman–Crippen MR) is 64.4 cm³/mol. The lowest BCUT2D eigenvalue weighted by Gasteiger charge is -2.21. The number of carboxylic acid groups (broad SMARTS) is 1. The summed E-state index contributed by atoms with van der Waals surface area (Å²) in [6.07, 6.45) is 2.48. The quantitative estimate of drug-likeness (QED) is 0.889. The molecule has 18 heavy (non-hydrogen) atoms. The zero-order chi connectivity index (χ0) is 12.5. The van der Waals surface area contributed by atoms with E-state index in [-0.39, 0.29) is 19.1 Å². The number of fused-ring (bicyclic) bond motifs is 1. The summed E-state index contributed by atoms with van der Waals surface area (Å²) in [5.41, 5.74) is 2.12. The highest BCUT2D eigenvalue weighted by Gasteiger charge is 2.34. The molecule has 0 spiro atoms. The summed E-state index contributed by atoms with van der Waals surface area (Å²) in [6, 6.07) is 5.99. The maximum Gasteiger partial charge on any atom is 0.303 e. The Kier molecular flexibility index (Phi) is 2.96. The van der Waals surface area contributed by atoms with Crippen LogP contribution in [0.5, 0.6) is 5.75 Å². The van der Waals surface area contributed by atoms with Crippen molar-refractivity contribution in [3.8, 4) is 5.75 Å². The van der Waals surface area contributed by atoms with Crippen LogP contribution in [0.15, 0.2) is 18.2 Å². The van der Waals surface area contributed by atoms with Crippen molar-refractivity contribution in [1.82, 2.24) is 0 Å². The Labute approximate surface area is 106 Å². The van der Waals surface area contributed by atoms with Crippen LogP contribution >= 0.6 is 0 Å². The van der Waals surface area contributed by atoms with Crippen molar-refractivity contribution in [3.63, 3.8) is 0 Å². The van der Waals surface area contributed by atoms with Gasteiger partial charge in [-0.15, -0.1) is 0 Å². The first kappa shape index (κ1) is 11.5. The molecule has 0 radical (unpaired) electrons. The molecule has 0 saturated heterocycles. The maximum atomic E-state index is 11.0. The smallest absolute Gasteiger partial charge is 0.303 e.